The molecule has 0 aliphatic carbocycles. The Kier molecular flexibility index (Phi) is 8.14. The molecule has 2 N–H and O–H groups in total. The summed E-state index contributed by atoms with van der Waals surface area (Å²) in [6.07, 6.45) is 1.47. The maximum Gasteiger partial charge on any atom is 0.277 e. The van der Waals surface area contributed by atoms with Gasteiger partial charge in [-0.1, -0.05) is 12.1 Å². The Morgan fingerprint density at radius 2 is 2.00 bits per heavy atom. The second-order valence-electron chi connectivity index (χ2n) is 6.00. The van der Waals surface area contributed by atoms with E-state index in [4.69, 9.17) is 9.47 Å². The zero-order chi connectivity index (χ0) is 20.6. The predicted octanol–water partition coefficient (Wildman–Crippen LogP) is 4.56. The average Bonchev–Trinajstić information content (AvgIpc) is 3.25. The van der Waals surface area contributed by atoms with Crippen molar-refractivity contribution in [1.29, 1.82) is 0 Å². The highest BCUT2D eigenvalue weighted by Crippen LogP contribution is 2.45. The summed E-state index contributed by atoms with van der Waals surface area (Å²) in [5.74, 6) is 3.02. The van der Waals surface area contributed by atoms with Crippen LogP contribution >= 0.6 is 39.5 Å². The highest BCUT2D eigenvalue weighted by molar-refractivity contribution is 9.10. The maximum absolute atomic E-state index is 12.0. The molecule has 3 rings (SSSR count). The van der Waals surface area contributed by atoms with Gasteiger partial charge in [-0.05, 0) is 52.7 Å². The predicted molar refractivity (Wildman–Crippen MR) is 122 cm³/mol. The topological polar surface area (TPSA) is 80.2 Å². The molecule has 1 fully saturated rings. The minimum absolute atomic E-state index is 0.0319. The fraction of sp³-hybridized carbons (Fsp3) is 0.300. The Hall–Kier alpha value is -1.84. The lowest BCUT2D eigenvalue weighted by molar-refractivity contribution is -0.123. The molecule has 1 amide bonds. The number of amides is 1. The first-order valence-corrected chi connectivity index (χ1v) is 11.9. The summed E-state index contributed by atoms with van der Waals surface area (Å²) in [6, 6.07) is 11.0. The molecular weight excluding hydrogens is 476 g/mol. The number of aromatic hydroxyl groups is 1. The molecule has 154 valence electrons. The van der Waals surface area contributed by atoms with Crippen molar-refractivity contribution in [3.63, 3.8) is 0 Å². The van der Waals surface area contributed by atoms with Crippen LogP contribution in [0.4, 0.5) is 0 Å². The molecule has 0 bridgehead atoms. The standard InChI is InChI=1S/C20H21BrN2O4S2/c1-2-26-18-9-14(16(21)10-17(18)24)11-22-23-19(25)12-27-15-5-3-13(4-6-15)20-28-7-8-29-20/h3-6,9-11,20,24H,2,7-8,12H2,1H3,(H,23,25)/b22-11-. The smallest absolute Gasteiger partial charge is 0.277 e. The van der Waals surface area contributed by atoms with E-state index in [9.17, 15) is 9.90 Å². The number of carbonyl (C=O) groups is 1. The van der Waals surface area contributed by atoms with E-state index in [1.54, 1.807) is 6.07 Å². The fourth-order valence-electron chi connectivity index (χ4n) is 2.56. The van der Waals surface area contributed by atoms with Gasteiger partial charge in [0.1, 0.15) is 5.75 Å². The average molecular weight is 497 g/mol. The molecule has 6 nitrogen and oxygen atoms in total. The number of thioether (sulfide) groups is 2. The van der Waals surface area contributed by atoms with E-state index < -0.39 is 0 Å². The number of benzene rings is 2. The number of phenols is 1. The molecule has 0 saturated carbocycles. The molecule has 0 spiro atoms. The number of rotatable bonds is 8. The van der Waals surface area contributed by atoms with Gasteiger partial charge in [-0.2, -0.15) is 5.10 Å². The van der Waals surface area contributed by atoms with Crippen molar-refractivity contribution in [2.24, 2.45) is 5.10 Å². The van der Waals surface area contributed by atoms with E-state index in [2.05, 4.69) is 26.5 Å². The van der Waals surface area contributed by atoms with E-state index in [1.165, 1.54) is 29.4 Å². The van der Waals surface area contributed by atoms with Gasteiger partial charge < -0.3 is 14.6 Å². The molecule has 2 aromatic rings. The largest absolute Gasteiger partial charge is 0.504 e. The number of nitrogens with zero attached hydrogens (tertiary/aromatic N) is 1. The fourth-order valence-corrected chi connectivity index (χ4v) is 5.85. The lowest BCUT2D eigenvalue weighted by Crippen LogP contribution is -2.24. The number of hydrazone groups is 1. The Morgan fingerprint density at radius 3 is 2.69 bits per heavy atom. The monoisotopic (exact) mass is 496 g/mol. The number of hydrogen-bond donors (Lipinski definition) is 2. The van der Waals surface area contributed by atoms with E-state index in [1.807, 2.05) is 54.7 Å². The van der Waals surface area contributed by atoms with Crippen LogP contribution in [0.5, 0.6) is 17.2 Å². The molecule has 1 aliphatic rings. The Morgan fingerprint density at radius 1 is 1.28 bits per heavy atom. The van der Waals surface area contributed by atoms with Crippen LogP contribution in [0.1, 0.15) is 22.6 Å². The molecule has 1 heterocycles. The zero-order valence-electron chi connectivity index (χ0n) is 15.8. The first kappa shape index (κ1) is 21.9. The highest BCUT2D eigenvalue weighted by atomic mass is 79.9. The lowest BCUT2D eigenvalue weighted by atomic mass is 10.2. The van der Waals surface area contributed by atoms with Gasteiger partial charge in [0.2, 0.25) is 0 Å². The molecule has 1 saturated heterocycles. The molecule has 9 heteroatoms. The molecule has 1 aliphatic heterocycles. The molecule has 29 heavy (non-hydrogen) atoms. The van der Waals surface area contributed by atoms with Crippen LogP contribution in [0.2, 0.25) is 0 Å². The number of hydrogen-bond acceptors (Lipinski definition) is 7. The Labute approximate surface area is 186 Å². The summed E-state index contributed by atoms with van der Waals surface area (Å²) >= 11 is 7.24. The van der Waals surface area contributed by atoms with E-state index in [-0.39, 0.29) is 18.3 Å². The van der Waals surface area contributed by atoms with Crippen LogP contribution in [0.15, 0.2) is 46.0 Å². The third kappa shape index (κ3) is 6.32. The Bertz CT molecular complexity index is 872. The van der Waals surface area contributed by atoms with Gasteiger partial charge in [0.25, 0.3) is 5.91 Å². The van der Waals surface area contributed by atoms with Crippen LogP contribution < -0.4 is 14.9 Å². The minimum atomic E-state index is -0.368. The molecule has 0 atom stereocenters. The third-order valence-electron chi connectivity index (χ3n) is 3.91. The van der Waals surface area contributed by atoms with Crippen molar-refractivity contribution >= 4 is 51.6 Å². The first-order chi connectivity index (χ1) is 14.1. The van der Waals surface area contributed by atoms with Gasteiger partial charge in [0.05, 0.1) is 17.4 Å². The number of carbonyl (C=O) groups excluding carboxylic acids is 1. The first-order valence-electron chi connectivity index (χ1n) is 9.00. The van der Waals surface area contributed by atoms with Crippen molar-refractivity contribution in [3.8, 4) is 17.2 Å². The van der Waals surface area contributed by atoms with Crippen LogP contribution in [-0.4, -0.2) is 41.9 Å². The second-order valence-corrected chi connectivity index (χ2v) is 9.58. The molecular formula is C20H21BrN2O4S2. The number of halogens is 1. The molecule has 0 aromatic heterocycles. The third-order valence-corrected chi connectivity index (χ3v) is 7.71. The lowest BCUT2D eigenvalue weighted by Gasteiger charge is -2.10. The number of phenolic OH excluding ortho intramolecular Hbond substituents is 1. The van der Waals surface area contributed by atoms with E-state index >= 15 is 0 Å². The molecule has 2 aromatic carbocycles. The Balaban J connectivity index is 1.49. The second kappa shape index (κ2) is 10.8. The highest BCUT2D eigenvalue weighted by Gasteiger charge is 2.18. The normalized spacial score (nSPS) is 14.3. The van der Waals surface area contributed by atoms with Gasteiger partial charge in [-0.15, -0.1) is 23.5 Å². The van der Waals surface area contributed by atoms with E-state index in [0.717, 1.165) is 0 Å². The maximum atomic E-state index is 12.0. The summed E-state index contributed by atoms with van der Waals surface area (Å²) in [7, 11) is 0. The summed E-state index contributed by atoms with van der Waals surface area (Å²) in [4.78, 5) is 12.0. The summed E-state index contributed by atoms with van der Waals surface area (Å²) in [6.45, 7) is 2.12. The quantitative estimate of drug-likeness (QED) is 0.411. The SMILES string of the molecule is CCOc1cc(/C=N\NC(=O)COc2ccc(C3SCCS3)cc2)c(Br)cc1O. The summed E-state index contributed by atoms with van der Waals surface area (Å²) < 4.78 is 12.0. The molecule has 0 unspecified atom stereocenters. The van der Waals surface area contributed by atoms with Crippen molar-refractivity contribution in [2.75, 3.05) is 24.7 Å². The van der Waals surface area contributed by atoms with Gasteiger partial charge in [0.15, 0.2) is 18.1 Å². The van der Waals surface area contributed by atoms with Gasteiger partial charge in [0, 0.05) is 21.5 Å². The van der Waals surface area contributed by atoms with Crippen LogP contribution in [0.3, 0.4) is 0 Å². The van der Waals surface area contributed by atoms with Gasteiger partial charge in [-0.25, -0.2) is 5.43 Å². The van der Waals surface area contributed by atoms with E-state index in [0.29, 0.717) is 32.7 Å². The van der Waals surface area contributed by atoms with Crippen LogP contribution in [0, 0.1) is 0 Å². The van der Waals surface area contributed by atoms with Crippen LogP contribution in [0.25, 0.3) is 0 Å². The summed E-state index contributed by atoms with van der Waals surface area (Å²) in [5, 5.41) is 13.8. The number of nitrogens with one attached hydrogen (secondary N) is 1. The number of ether oxygens (including phenoxy) is 2. The van der Waals surface area contributed by atoms with Crippen molar-refractivity contribution in [1.82, 2.24) is 5.43 Å². The van der Waals surface area contributed by atoms with Gasteiger partial charge >= 0.3 is 0 Å². The summed E-state index contributed by atoms with van der Waals surface area (Å²) in [5.41, 5.74) is 4.35. The van der Waals surface area contributed by atoms with Crippen molar-refractivity contribution in [2.45, 2.75) is 11.5 Å². The molecule has 0 radical (unpaired) electrons. The van der Waals surface area contributed by atoms with Crippen molar-refractivity contribution in [3.05, 3.63) is 52.0 Å². The minimum Gasteiger partial charge on any atom is -0.504 e. The zero-order valence-corrected chi connectivity index (χ0v) is 19.0. The van der Waals surface area contributed by atoms with Crippen molar-refractivity contribution < 1.29 is 19.4 Å². The van der Waals surface area contributed by atoms with Crippen LogP contribution in [-0.2, 0) is 4.79 Å². The van der Waals surface area contributed by atoms with Gasteiger partial charge in [-0.3, -0.25) is 4.79 Å².